The molecule has 0 bridgehead atoms. The van der Waals surface area contributed by atoms with E-state index in [0.29, 0.717) is 0 Å². The minimum absolute atomic E-state index is 0.0808. The van der Waals surface area contributed by atoms with Gasteiger partial charge in [-0.3, -0.25) is 0 Å². The maximum Gasteiger partial charge on any atom is 0.313 e. The molecule has 16 heavy (non-hydrogen) atoms. The molecule has 0 aliphatic rings. The van der Waals surface area contributed by atoms with Crippen molar-refractivity contribution in [1.29, 1.82) is 0 Å². The van der Waals surface area contributed by atoms with Crippen LogP contribution < -0.4 is 9.88 Å². The fourth-order valence-corrected chi connectivity index (χ4v) is 3.12. The zero-order valence-electron chi connectivity index (χ0n) is 10.0. The van der Waals surface area contributed by atoms with Crippen LogP contribution in [0.1, 0.15) is 0 Å². The van der Waals surface area contributed by atoms with Crippen LogP contribution in [-0.2, 0) is 0 Å². The minimum atomic E-state index is -1.95. The van der Waals surface area contributed by atoms with Crippen molar-refractivity contribution >= 4 is 20.0 Å². The lowest BCUT2D eigenvalue weighted by Gasteiger charge is -2.34. The molecule has 86 valence electrons. The molecule has 0 radical (unpaired) electrons. The molecule has 0 saturated heterocycles. The van der Waals surface area contributed by atoms with Crippen molar-refractivity contribution in [3.05, 3.63) is 42.6 Å². The van der Waals surface area contributed by atoms with Gasteiger partial charge in [-0.2, -0.15) is 0 Å². The van der Waals surface area contributed by atoms with Crippen LogP contribution in [0.15, 0.2) is 42.6 Å². The minimum Gasteiger partial charge on any atom is -0.341 e. The summed E-state index contributed by atoms with van der Waals surface area (Å²) in [5, 5.41) is 2.68. The van der Waals surface area contributed by atoms with E-state index in [9.17, 15) is 4.79 Å². The highest BCUT2D eigenvalue weighted by Crippen LogP contribution is 2.21. The second kappa shape index (κ2) is 4.98. The predicted molar refractivity (Wildman–Crippen MR) is 71.1 cm³/mol. The lowest BCUT2D eigenvalue weighted by atomic mass is 10.3. The molecular formula is C12H18N2OSi. The van der Waals surface area contributed by atoms with Crippen molar-refractivity contribution in [1.82, 2.24) is 5.32 Å². The van der Waals surface area contributed by atoms with Crippen LogP contribution in [0.5, 0.6) is 0 Å². The number of carbonyl (C=O) groups is 1. The lowest BCUT2D eigenvalue weighted by Crippen LogP contribution is -2.54. The summed E-state index contributed by atoms with van der Waals surface area (Å²) in [7, 11) is -0.302. The van der Waals surface area contributed by atoms with Gasteiger partial charge in [-0.25, -0.2) is 4.79 Å². The molecule has 0 heterocycles. The van der Waals surface area contributed by atoms with Crippen molar-refractivity contribution in [2.24, 2.45) is 0 Å². The van der Waals surface area contributed by atoms with Crippen LogP contribution in [0.2, 0.25) is 13.1 Å². The van der Waals surface area contributed by atoms with E-state index in [1.807, 2.05) is 40.6 Å². The van der Waals surface area contributed by atoms with E-state index in [4.69, 9.17) is 0 Å². The summed E-state index contributed by atoms with van der Waals surface area (Å²) >= 11 is 0. The Bertz CT molecular complexity index is 376. The number of para-hydroxylation sites is 1. The summed E-state index contributed by atoms with van der Waals surface area (Å²) in [5.74, 6) is 0. The maximum absolute atomic E-state index is 11.9. The summed E-state index contributed by atoms with van der Waals surface area (Å²) < 4.78 is 1.82. The van der Waals surface area contributed by atoms with E-state index >= 15 is 0 Å². The molecule has 2 amide bonds. The maximum atomic E-state index is 11.9. The van der Waals surface area contributed by atoms with Crippen molar-refractivity contribution in [3.63, 3.8) is 0 Å². The second-order valence-electron chi connectivity index (χ2n) is 4.08. The summed E-state index contributed by atoms with van der Waals surface area (Å²) in [4.78, 5) is 11.9. The van der Waals surface area contributed by atoms with E-state index in [2.05, 4.69) is 25.0 Å². The average molecular weight is 234 g/mol. The molecular weight excluding hydrogens is 216 g/mol. The lowest BCUT2D eigenvalue weighted by molar-refractivity contribution is 0.251. The van der Waals surface area contributed by atoms with E-state index in [-0.39, 0.29) is 6.03 Å². The van der Waals surface area contributed by atoms with Crippen LogP contribution >= 0.6 is 0 Å². The number of hydrogen-bond acceptors (Lipinski definition) is 1. The number of nitrogens with zero attached hydrogens (tertiary/aromatic N) is 1. The molecule has 1 aromatic carbocycles. The smallest absolute Gasteiger partial charge is 0.313 e. The van der Waals surface area contributed by atoms with Gasteiger partial charge in [-0.05, 0) is 25.2 Å². The summed E-state index contributed by atoms with van der Waals surface area (Å²) in [5.41, 5.74) is 2.81. The summed E-state index contributed by atoms with van der Waals surface area (Å²) in [6.07, 6.45) is 0. The molecule has 1 aromatic rings. The molecule has 0 saturated carbocycles. The number of anilines is 1. The Hall–Kier alpha value is -1.55. The number of benzene rings is 1. The molecule has 0 spiro atoms. The Labute approximate surface area is 97.9 Å². The van der Waals surface area contributed by atoms with Gasteiger partial charge in [0.1, 0.15) is 0 Å². The van der Waals surface area contributed by atoms with Crippen LogP contribution in [0.25, 0.3) is 0 Å². The molecule has 3 nitrogen and oxygen atoms in total. The highest BCUT2D eigenvalue weighted by Gasteiger charge is 2.31. The molecule has 0 fully saturated rings. The Morgan fingerprint density at radius 2 is 1.94 bits per heavy atom. The molecule has 1 N–H and O–H groups in total. The summed E-state index contributed by atoms with van der Waals surface area (Å²) in [6.45, 7) is 8.01. The third-order valence-corrected chi connectivity index (χ3v) is 5.12. The topological polar surface area (TPSA) is 32.3 Å². The highest BCUT2D eigenvalue weighted by molar-refractivity contribution is 6.88. The quantitative estimate of drug-likeness (QED) is 0.801. The number of rotatable bonds is 3. The number of hydrogen-bond donors (Lipinski definition) is 1. The van der Waals surface area contributed by atoms with Crippen molar-refractivity contribution in [3.8, 4) is 0 Å². The van der Waals surface area contributed by atoms with Crippen LogP contribution in [0.4, 0.5) is 10.5 Å². The Morgan fingerprint density at radius 1 is 1.38 bits per heavy atom. The van der Waals surface area contributed by atoms with Crippen molar-refractivity contribution in [2.45, 2.75) is 13.1 Å². The zero-order valence-corrected chi connectivity index (χ0v) is 11.0. The van der Waals surface area contributed by atoms with Gasteiger partial charge in [0.15, 0.2) is 8.24 Å². The van der Waals surface area contributed by atoms with Crippen molar-refractivity contribution in [2.75, 3.05) is 11.6 Å². The van der Waals surface area contributed by atoms with Gasteiger partial charge in [0, 0.05) is 12.7 Å². The first-order valence-corrected chi connectivity index (χ1v) is 8.26. The van der Waals surface area contributed by atoms with E-state index in [1.54, 1.807) is 7.05 Å². The van der Waals surface area contributed by atoms with E-state index in [0.717, 1.165) is 5.69 Å². The Morgan fingerprint density at radius 3 is 2.38 bits per heavy atom. The number of carbonyl (C=O) groups excluding carboxylic acids is 1. The molecule has 0 unspecified atom stereocenters. The van der Waals surface area contributed by atoms with E-state index in [1.165, 1.54) is 0 Å². The van der Waals surface area contributed by atoms with Gasteiger partial charge in [0.05, 0.1) is 0 Å². The third kappa shape index (κ3) is 2.52. The molecule has 0 aromatic heterocycles. The van der Waals surface area contributed by atoms with Crippen molar-refractivity contribution < 1.29 is 4.79 Å². The number of nitrogens with one attached hydrogen (secondary N) is 1. The standard InChI is InChI=1S/C12H18N2OSi/c1-5-16(3,4)14(12(15)13-2)11-9-7-6-8-10-11/h5-10H,1H2,2-4H3,(H,13,15). The van der Waals surface area contributed by atoms with Gasteiger partial charge in [-0.1, -0.05) is 23.9 Å². The molecule has 0 aliphatic heterocycles. The normalized spacial score (nSPS) is 10.7. The van der Waals surface area contributed by atoms with Crippen LogP contribution in [0.3, 0.4) is 0 Å². The monoisotopic (exact) mass is 234 g/mol. The van der Waals surface area contributed by atoms with Gasteiger partial charge >= 0.3 is 6.03 Å². The average Bonchev–Trinajstić information content (AvgIpc) is 2.30. The summed E-state index contributed by atoms with van der Waals surface area (Å²) in [6, 6.07) is 9.59. The number of urea groups is 1. The number of amides is 2. The fourth-order valence-electron chi connectivity index (χ4n) is 1.49. The highest BCUT2D eigenvalue weighted by atomic mass is 28.3. The molecule has 1 rings (SSSR count). The van der Waals surface area contributed by atoms with Gasteiger partial charge in [-0.15, -0.1) is 6.58 Å². The molecule has 4 heteroatoms. The van der Waals surface area contributed by atoms with Crippen LogP contribution in [-0.4, -0.2) is 21.3 Å². The Balaban J connectivity index is 3.16. The largest absolute Gasteiger partial charge is 0.341 e. The zero-order chi connectivity index (χ0) is 12.2. The van der Waals surface area contributed by atoms with Gasteiger partial charge < -0.3 is 9.88 Å². The SMILES string of the molecule is C=C[Si](C)(C)N(C(=O)NC)c1ccccc1. The molecule has 0 aliphatic carbocycles. The second-order valence-corrected chi connectivity index (χ2v) is 8.25. The fraction of sp³-hybridized carbons (Fsp3) is 0.250. The van der Waals surface area contributed by atoms with E-state index < -0.39 is 8.24 Å². The van der Waals surface area contributed by atoms with Gasteiger partial charge in [0.2, 0.25) is 0 Å². The van der Waals surface area contributed by atoms with Crippen LogP contribution in [0, 0.1) is 0 Å². The molecule has 0 atom stereocenters. The first kappa shape index (κ1) is 12.5. The first-order valence-electron chi connectivity index (χ1n) is 5.23. The Kier molecular flexibility index (Phi) is 3.90. The predicted octanol–water partition coefficient (Wildman–Crippen LogP) is 2.76. The van der Waals surface area contributed by atoms with Gasteiger partial charge in [0.25, 0.3) is 0 Å². The first-order chi connectivity index (χ1) is 7.53. The third-order valence-electron chi connectivity index (χ3n) is 2.51.